The van der Waals surface area contributed by atoms with Gasteiger partial charge in [0.15, 0.2) is 10.6 Å². The van der Waals surface area contributed by atoms with E-state index in [9.17, 15) is 14.4 Å². The molecule has 0 bridgehead atoms. The zero-order chi connectivity index (χ0) is 19.8. The van der Waals surface area contributed by atoms with Gasteiger partial charge in [-0.25, -0.2) is 0 Å². The summed E-state index contributed by atoms with van der Waals surface area (Å²) in [5, 5.41) is 11.6. The molecule has 0 fully saturated rings. The van der Waals surface area contributed by atoms with Crippen LogP contribution < -0.4 is 10.9 Å². The van der Waals surface area contributed by atoms with Crippen molar-refractivity contribution >= 4 is 38.9 Å². The van der Waals surface area contributed by atoms with Crippen LogP contribution in [0.5, 0.6) is 0 Å². The van der Waals surface area contributed by atoms with Crippen LogP contribution >= 0.6 is 11.3 Å². The molecule has 1 unspecified atom stereocenters. The first-order valence-electron chi connectivity index (χ1n) is 9.27. The maximum absolute atomic E-state index is 13.0. The number of amides is 1. The van der Waals surface area contributed by atoms with Gasteiger partial charge in [-0.15, -0.1) is 16.4 Å². The van der Waals surface area contributed by atoms with Crippen LogP contribution in [0.2, 0.25) is 0 Å². The number of nitrogens with one attached hydrogen (secondary N) is 1. The second kappa shape index (κ2) is 7.27. The molecule has 0 spiro atoms. The number of nitrogens with zero attached hydrogens (tertiary/aromatic N) is 3. The molecule has 8 heteroatoms. The van der Waals surface area contributed by atoms with Gasteiger partial charge in [-0.1, -0.05) is 5.21 Å². The normalized spacial score (nSPS) is 14.5. The quantitative estimate of drug-likeness (QED) is 0.684. The number of aromatic nitrogens is 3. The Kier molecular flexibility index (Phi) is 4.80. The third-order valence-corrected chi connectivity index (χ3v) is 6.29. The first kappa shape index (κ1) is 18.5. The minimum atomic E-state index is -0.809. The van der Waals surface area contributed by atoms with Crippen LogP contribution in [0.25, 0.3) is 10.2 Å². The van der Waals surface area contributed by atoms with Gasteiger partial charge in [-0.3, -0.25) is 14.4 Å². The molecule has 1 aromatic carbocycles. The Morgan fingerprint density at radius 1 is 1.18 bits per heavy atom. The Morgan fingerprint density at radius 3 is 2.61 bits per heavy atom. The van der Waals surface area contributed by atoms with Gasteiger partial charge in [-0.05, 0) is 69.4 Å². The molecule has 7 nitrogen and oxygen atoms in total. The number of fused-ring (bicyclic) bond motifs is 3. The number of carbonyl (C=O) groups is 2. The summed E-state index contributed by atoms with van der Waals surface area (Å²) >= 11 is 1.53. The van der Waals surface area contributed by atoms with E-state index in [0.29, 0.717) is 21.5 Å². The summed E-state index contributed by atoms with van der Waals surface area (Å²) in [5.74, 6) is -0.407. The maximum atomic E-state index is 13.0. The zero-order valence-corrected chi connectivity index (χ0v) is 16.5. The number of Topliss-reactive ketones (excluding diaryl/α,β-unsaturated/α-hetero) is 1. The molecule has 0 radical (unpaired) electrons. The lowest BCUT2D eigenvalue weighted by atomic mass is 9.97. The summed E-state index contributed by atoms with van der Waals surface area (Å²) in [4.78, 5) is 38.9. The Bertz CT molecular complexity index is 1130. The summed E-state index contributed by atoms with van der Waals surface area (Å²) in [7, 11) is 0. The number of ketones is 1. The van der Waals surface area contributed by atoms with Crippen LogP contribution in [0.4, 0.5) is 5.69 Å². The number of benzene rings is 1. The summed E-state index contributed by atoms with van der Waals surface area (Å²) in [6.45, 7) is 3.11. The summed E-state index contributed by atoms with van der Waals surface area (Å²) in [5.41, 5.74) is 1.93. The highest BCUT2D eigenvalue weighted by atomic mass is 32.1. The summed E-state index contributed by atoms with van der Waals surface area (Å²) in [6, 6.07) is 5.81. The van der Waals surface area contributed by atoms with Gasteiger partial charge < -0.3 is 5.32 Å². The fraction of sp³-hybridized carbons (Fsp3) is 0.350. The van der Waals surface area contributed by atoms with E-state index in [2.05, 4.69) is 15.6 Å². The molecule has 0 aliphatic heterocycles. The van der Waals surface area contributed by atoms with Gasteiger partial charge in [0.05, 0.1) is 5.39 Å². The lowest BCUT2D eigenvalue weighted by molar-refractivity contribution is -0.119. The molecule has 0 saturated heterocycles. The Balaban J connectivity index is 1.62. The van der Waals surface area contributed by atoms with Crippen LogP contribution in [0.3, 0.4) is 0 Å². The van der Waals surface area contributed by atoms with Gasteiger partial charge in [0.25, 0.3) is 5.56 Å². The monoisotopic (exact) mass is 396 g/mol. The topological polar surface area (TPSA) is 93.9 Å². The van der Waals surface area contributed by atoms with Crippen LogP contribution in [-0.2, 0) is 17.6 Å². The SMILES string of the molecule is CC(=O)c1ccc(NC(=O)C(C)n2nnc3sc4c(c3c2=O)CCCC4)cc1. The van der Waals surface area contributed by atoms with Crippen molar-refractivity contribution in [1.82, 2.24) is 15.0 Å². The van der Waals surface area contributed by atoms with E-state index in [1.54, 1.807) is 31.2 Å². The first-order chi connectivity index (χ1) is 13.5. The van der Waals surface area contributed by atoms with E-state index in [4.69, 9.17) is 0 Å². The van der Waals surface area contributed by atoms with E-state index in [-0.39, 0.29) is 17.2 Å². The number of thiophene rings is 1. The summed E-state index contributed by atoms with van der Waals surface area (Å²) < 4.78 is 1.16. The molecule has 4 rings (SSSR count). The molecule has 1 N–H and O–H groups in total. The molecular weight excluding hydrogens is 376 g/mol. The fourth-order valence-corrected chi connectivity index (χ4v) is 4.68. The zero-order valence-electron chi connectivity index (χ0n) is 15.7. The highest BCUT2D eigenvalue weighted by Gasteiger charge is 2.24. The molecule has 28 heavy (non-hydrogen) atoms. The number of rotatable bonds is 4. The number of hydrogen-bond donors (Lipinski definition) is 1. The summed E-state index contributed by atoms with van der Waals surface area (Å²) in [6.07, 6.45) is 4.04. The van der Waals surface area contributed by atoms with Crippen molar-refractivity contribution in [2.75, 3.05) is 5.32 Å². The first-order valence-corrected chi connectivity index (χ1v) is 10.1. The Morgan fingerprint density at radius 2 is 1.89 bits per heavy atom. The van der Waals surface area contributed by atoms with Crippen LogP contribution in [0, 0.1) is 0 Å². The van der Waals surface area contributed by atoms with E-state index >= 15 is 0 Å². The predicted octanol–water partition coefficient (Wildman–Crippen LogP) is 3.13. The Labute approximate surface area is 165 Å². The van der Waals surface area contributed by atoms with E-state index in [1.165, 1.54) is 23.1 Å². The van der Waals surface area contributed by atoms with Gasteiger partial charge >= 0.3 is 0 Å². The van der Waals surface area contributed by atoms with E-state index < -0.39 is 6.04 Å². The van der Waals surface area contributed by atoms with Gasteiger partial charge in [0.1, 0.15) is 6.04 Å². The molecular formula is C20H20N4O3S. The number of carbonyl (C=O) groups excluding carboxylic acids is 2. The van der Waals surface area contributed by atoms with Crippen molar-refractivity contribution in [3.05, 3.63) is 50.6 Å². The van der Waals surface area contributed by atoms with E-state index in [0.717, 1.165) is 35.9 Å². The van der Waals surface area contributed by atoms with Crippen molar-refractivity contribution in [1.29, 1.82) is 0 Å². The number of aryl methyl sites for hydroxylation is 2. The van der Waals surface area contributed by atoms with Crippen LogP contribution in [-0.4, -0.2) is 26.7 Å². The van der Waals surface area contributed by atoms with Gasteiger partial charge in [0, 0.05) is 16.1 Å². The predicted molar refractivity (Wildman–Crippen MR) is 108 cm³/mol. The molecule has 3 aromatic rings. The van der Waals surface area contributed by atoms with E-state index in [1.807, 2.05) is 0 Å². The van der Waals surface area contributed by atoms with Crippen molar-refractivity contribution in [3.63, 3.8) is 0 Å². The molecule has 144 valence electrons. The Hall–Kier alpha value is -2.87. The van der Waals surface area contributed by atoms with Gasteiger partial charge in [0.2, 0.25) is 5.91 Å². The smallest absolute Gasteiger partial charge is 0.279 e. The van der Waals surface area contributed by atoms with Crippen molar-refractivity contribution in [2.24, 2.45) is 0 Å². The molecule has 1 aliphatic carbocycles. The van der Waals surface area contributed by atoms with Crippen molar-refractivity contribution in [3.8, 4) is 0 Å². The third kappa shape index (κ3) is 3.24. The number of hydrogen-bond acceptors (Lipinski definition) is 6. The average Bonchev–Trinajstić information content (AvgIpc) is 3.07. The van der Waals surface area contributed by atoms with Gasteiger partial charge in [-0.2, -0.15) is 4.68 Å². The molecule has 1 amide bonds. The van der Waals surface area contributed by atoms with Crippen molar-refractivity contribution < 1.29 is 9.59 Å². The molecule has 2 heterocycles. The lowest BCUT2D eigenvalue weighted by Crippen LogP contribution is -2.34. The molecule has 0 saturated carbocycles. The minimum absolute atomic E-state index is 0.0412. The number of anilines is 1. The second-order valence-electron chi connectivity index (χ2n) is 7.03. The second-order valence-corrected chi connectivity index (χ2v) is 8.11. The average molecular weight is 396 g/mol. The lowest BCUT2D eigenvalue weighted by Gasteiger charge is -2.14. The highest BCUT2D eigenvalue weighted by Crippen LogP contribution is 2.33. The maximum Gasteiger partial charge on any atom is 0.279 e. The minimum Gasteiger partial charge on any atom is -0.324 e. The molecule has 1 aliphatic rings. The van der Waals surface area contributed by atoms with Crippen molar-refractivity contribution in [2.45, 2.75) is 45.6 Å². The standard InChI is InChI=1S/C20H20N4O3S/c1-11(18(26)21-14-9-7-13(8-10-14)12(2)25)24-20(27)17-15-5-3-4-6-16(15)28-19(17)22-23-24/h7-11H,3-6H2,1-2H3,(H,21,26). The largest absolute Gasteiger partial charge is 0.324 e. The molecule has 1 atom stereocenters. The highest BCUT2D eigenvalue weighted by molar-refractivity contribution is 7.18. The fourth-order valence-electron chi connectivity index (χ4n) is 3.49. The third-order valence-electron chi connectivity index (χ3n) is 5.11. The molecule has 2 aromatic heterocycles. The van der Waals surface area contributed by atoms with Crippen LogP contribution in [0.15, 0.2) is 29.1 Å². The van der Waals surface area contributed by atoms with Crippen LogP contribution in [0.1, 0.15) is 53.5 Å².